The second-order valence-corrected chi connectivity index (χ2v) is 6.37. The lowest BCUT2D eigenvalue weighted by atomic mass is 10.0. The molecule has 134 valence electrons. The van der Waals surface area contributed by atoms with E-state index in [1.54, 1.807) is 0 Å². The summed E-state index contributed by atoms with van der Waals surface area (Å²) in [6.07, 6.45) is 1.09. The lowest BCUT2D eigenvalue weighted by molar-refractivity contribution is 0.0894. The molecule has 0 radical (unpaired) electrons. The van der Waals surface area contributed by atoms with Crippen molar-refractivity contribution in [3.05, 3.63) is 35.9 Å². The van der Waals surface area contributed by atoms with Crippen molar-refractivity contribution < 1.29 is 0 Å². The summed E-state index contributed by atoms with van der Waals surface area (Å²) in [6, 6.07) is 11.4. The fourth-order valence-corrected chi connectivity index (χ4v) is 3.19. The van der Waals surface area contributed by atoms with Gasteiger partial charge in [0.2, 0.25) is 0 Å². The molecule has 1 aliphatic rings. The van der Waals surface area contributed by atoms with Gasteiger partial charge in [-0.15, -0.1) is 0 Å². The van der Waals surface area contributed by atoms with Gasteiger partial charge in [0.1, 0.15) is 0 Å². The van der Waals surface area contributed by atoms with E-state index in [-0.39, 0.29) is 0 Å². The van der Waals surface area contributed by atoms with Gasteiger partial charge in [0, 0.05) is 51.9 Å². The van der Waals surface area contributed by atoms with Crippen LogP contribution in [0.25, 0.3) is 0 Å². The summed E-state index contributed by atoms with van der Waals surface area (Å²) in [5, 5.41) is 6.56. The van der Waals surface area contributed by atoms with Gasteiger partial charge in [0.25, 0.3) is 0 Å². The van der Waals surface area contributed by atoms with Gasteiger partial charge in [0.05, 0.1) is 0 Å². The third-order valence-corrected chi connectivity index (χ3v) is 4.44. The van der Waals surface area contributed by atoms with Crippen LogP contribution < -0.4 is 10.6 Å². The number of hydrogen-bond acceptors (Lipinski definition) is 3. The number of likely N-dealkylation sites (N-methyl/N-ethyl adjacent to an activating group) is 1. The molecule has 0 aromatic heterocycles. The molecule has 1 fully saturated rings. The van der Waals surface area contributed by atoms with E-state index in [0.717, 1.165) is 58.2 Å². The maximum atomic E-state index is 4.66. The highest BCUT2D eigenvalue weighted by Gasteiger charge is 2.25. The lowest BCUT2D eigenvalue weighted by Crippen LogP contribution is -2.47. The van der Waals surface area contributed by atoms with Crippen molar-refractivity contribution >= 4 is 5.96 Å². The Hall–Kier alpha value is -1.59. The molecule has 0 amide bonds. The SMILES string of the molecule is CCNC(=NCCCN1CCN(C)CC1c1ccccc1)NCC. The van der Waals surface area contributed by atoms with E-state index in [4.69, 9.17) is 0 Å². The molecule has 2 rings (SSSR count). The van der Waals surface area contributed by atoms with Crippen molar-refractivity contribution in [1.82, 2.24) is 20.4 Å². The third kappa shape index (κ3) is 5.80. The van der Waals surface area contributed by atoms with Crippen LogP contribution in [0.15, 0.2) is 35.3 Å². The van der Waals surface area contributed by atoms with Crippen LogP contribution in [-0.2, 0) is 0 Å². The number of nitrogens with zero attached hydrogens (tertiary/aromatic N) is 3. The van der Waals surface area contributed by atoms with Crippen LogP contribution in [0.2, 0.25) is 0 Å². The minimum atomic E-state index is 0.496. The predicted octanol–water partition coefficient (Wildman–Crippen LogP) is 1.94. The first-order valence-electron chi connectivity index (χ1n) is 9.24. The van der Waals surface area contributed by atoms with Crippen molar-refractivity contribution in [3.8, 4) is 0 Å². The Morgan fingerprint density at radius 1 is 1.12 bits per heavy atom. The average Bonchev–Trinajstić information content (AvgIpc) is 2.60. The van der Waals surface area contributed by atoms with Crippen LogP contribution in [0.5, 0.6) is 0 Å². The van der Waals surface area contributed by atoms with Crippen molar-refractivity contribution in [2.75, 3.05) is 52.9 Å². The molecule has 1 saturated heterocycles. The summed E-state index contributed by atoms with van der Waals surface area (Å²) >= 11 is 0. The molecule has 0 saturated carbocycles. The van der Waals surface area contributed by atoms with Crippen LogP contribution in [0.4, 0.5) is 0 Å². The van der Waals surface area contributed by atoms with Gasteiger partial charge in [-0.25, -0.2) is 0 Å². The molecular weight excluding hydrogens is 298 g/mol. The zero-order valence-electron chi connectivity index (χ0n) is 15.5. The molecule has 1 aromatic carbocycles. The second kappa shape index (κ2) is 10.3. The number of aliphatic imine (C=N–C) groups is 1. The number of rotatable bonds is 7. The normalized spacial score (nSPS) is 19.0. The van der Waals surface area contributed by atoms with Crippen molar-refractivity contribution in [3.63, 3.8) is 0 Å². The molecule has 1 aromatic rings. The van der Waals surface area contributed by atoms with Crippen molar-refractivity contribution in [2.24, 2.45) is 4.99 Å². The highest BCUT2D eigenvalue weighted by Crippen LogP contribution is 2.24. The molecule has 0 bridgehead atoms. The highest BCUT2D eigenvalue weighted by molar-refractivity contribution is 5.79. The molecular formula is C19H33N5. The Morgan fingerprint density at radius 2 is 1.83 bits per heavy atom. The number of nitrogens with one attached hydrogen (secondary N) is 2. The summed E-state index contributed by atoms with van der Waals surface area (Å²) < 4.78 is 0. The van der Waals surface area contributed by atoms with E-state index in [1.165, 1.54) is 5.56 Å². The molecule has 0 aliphatic carbocycles. The van der Waals surface area contributed by atoms with Gasteiger partial charge in [-0.1, -0.05) is 30.3 Å². The van der Waals surface area contributed by atoms with E-state index >= 15 is 0 Å². The fourth-order valence-electron chi connectivity index (χ4n) is 3.19. The average molecular weight is 332 g/mol. The van der Waals surface area contributed by atoms with Gasteiger partial charge in [-0.3, -0.25) is 9.89 Å². The quantitative estimate of drug-likeness (QED) is 0.455. The standard InChI is InChI=1S/C19H33N5/c1-4-20-19(21-5-2)22-12-9-13-24-15-14-23(3)16-18(24)17-10-7-6-8-11-17/h6-8,10-11,18H,4-5,9,12-16H2,1-3H3,(H2,20,21,22). The molecule has 1 heterocycles. The van der Waals surface area contributed by atoms with Crippen LogP contribution in [0, 0.1) is 0 Å². The zero-order chi connectivity index (χ0) is 17.2. The largest absolute Gasteiger partial charge is 0.357 e. The fraction of sp³-hybridized carbons (Fsp3) is 0.632. The first-order chi connectivity index (χ1) is 11.7. The Morgan fingerprint density at radius 3 is 2.50 bits per heavy atom. The van der Waals surface area contributed by atoms with E-state index in [9.17, 15) is 0 Å². The molecule has 1 atom stereocenters. The third-order valence-electron chi connectivity index (χ3n) is 4.44. The Bertz CT molecular complexity index is 480. The van der Waals surface area contributed by atoms with Crippen LogP contribution >= 0.6 is 0 Å². The molecule has 5 nitrogen and oxygen atoms in total. The van der Waals surface area contributed by atoms with Gasteiger partial charge < -0.3 is 15.5 Å². The second-order valence-electron chi connectivity index (χ2n) is 6.37. The van der Waals surface area contributed by atoms with Crippen LogP contribution in [-0.4, -0.2) is 68.6 Å². The molecule has 0 spiro atoms. The van der Waals surface area contributed by atoms with Gasteiger partial charge in [-0.2, -0.15) is 0 Å². The smallest absolute Gasteiger partial charge is 0.191 e. The van der Waals surface area contributed by atoms with Crippen molar-refractivity contribution in [1.29, 1.82) is 0 Å². The number of guanidine groups is 1. The maximum Gasteiger partial charge on any atom is 0.191 e. The summed E-state index contributed by atoms with van der Waals surface area (Å²) in [7, 11) is 2.22. The molecule has 1 unspecified atom stereocenters. The predicted molar refractivity (Wildman–Crippen MR) is 103 cm³/mol. The van der Waals surface area contributed by atoms with Gasteiger partial charge >= 0.3 is 0 Å². The first-order valence-corrected chi connectivity index (χ1v) is 9.24. The molecule has 1 aliphatic heterocycles. The summed E-state index contributed by atoms with van der Waals surface area (Å²) in [5.74, 6) is 0.929. The Kier molecular flexibility index (Phi) is 8.05. The molecule has 24 heavy (non-hydrogen) atoms. The van der Waals surface area contributed by atoms with Crippen LogP contribution in [0.3, 0.4) is 0 Å². The van der Waals surface area contributed by atoms with E-state index < -0.39 is 0 Å². The van der Waals surface area contributed by atoms with Crippen molar-refractivity contribution in [2.45, 2.75) is 26.3 Å². The molecule has 5 heteroatoms. The first kappa shape index (κ1) is 18.7. The maximum absolute atomic E-state index is 4.66. The minimum absolute atomic E-state index is 0.496. The van der Waals surface area contributed by atoms with E-state index in [1.807, 2.05) is 0 Å². The van der Waals surface area contributed by atoms with Gasteiger partial charge in [-0.05, 0) is 32.9 Å². The monoisotopic (exact) mass is 331 g/mol. The van der Waals surface area contributed by atoms with Crippen LogP contribution in [0.1, 0.15) is 31.9 Å². The Labute approximate surface area is 147 Å². The molecule has 2 N–H and O–H groups in total. The highest BCUT2D eigenvalue weighted by atomic mass is 15.3. The number of hydrogen-bond donors (Lipinski definition) is 2. The number of benzene rings is 1. The summed E-state index contributed by atoms with van der Waals surface area (Å²) in [6.45, 7) is 11.3. The lowest BCUT2D eigenvalue weighted by Gasteiger charge is -2.40. The zero-order valence-corrected chi connectivity index (χ0v) is 15.5. The number of piperazine rings is 1. The van der Waals surface area contributed by atoms with E-state index in [2.05, 4.69) is 76.7 Å². The Balaban J connectivity index is 1.88. The summed E-state index contributed by atoms with van der Waals surface area (Å²) in [4.78, 5) is 9.71. The summed E-state index contributed by atoms with van der Waals surface area (Å²) in [5.41, 5.74) is 1.42. The topological polar surface area (TPSA) is 42.9 Å². The minimum Gasteiger partial charge on any atom is -0.357 e. The van der Waals surface area contributed by atoms with Gasteiger partial charge in [0.15, 0.2) is 5.96 Å². The van der Waals surface area contributed by atoms with E-state index in [0.29, 0.717) is 6.04 Å².